The van der Waals surface area contributed by atoms with Crippen LogP contribution in [0.3, 0.4) is 0 Å². The van der Waals surface area contributed by atoms with Gasteiger partial charge in [-0.25, -0.2) is 0 Å². The van der Waals surface area contributed by atoms with Gasteiger partial charge in [-0.2, -0.15) is 4.98 Å². The molecule has 21 heavy (non-hydrogen) atoms. The third-order valence-corrected chi connectivity index (χ3v) is 4.36. The van der Waals surface area contributed by atoms with Crippen molar-refractivity contribution in [3.8, 4) is 17.1 Å². The molecule has 1 saturated carbocycles. The second kappa shape index (κ2) is 5.15. The molecule has 0 N–H and O–H groups in total. The molecule has 1 aliphatic carbocycles. The minimum Gasteiger partial charge on any atom is -0.492 e. The molecular formula is C16H19N3O2. The lowest BCUT2D eigenvalue weighted by Gasteiger charge is -2.27. The second-order valence-corrected chi connectivity index (χ2v) is 5.91. The van der Waals surface area contributed by atoms with Gasteiger partial charge in [0.2, 0.25) is 11.7 Å². The molecule has 2 aromatic rings. The summed E-state index contributed by atoms with van der Waals surface area (Å²) in [7, 11) is 0. The molecule has 110 valence electrons. The zero-order valence-electron chi connectivity index (χ0n) is 12.2. The van der Waals surface area contributed by atoms with Gasteiger partial charge in [0, 0.05) is 25.1 Å². The van der Waals surface area contributed by atoms with Gasteiger partial charge >= 0.3 is 0 Å². The molecule has 5 nitrogen and oxygen atoms in total. The van der Waals surface area contributed by atoms with E-state index in [-0.39, 0.29) is 0 Å². The maximum Gasteiger partial charge on any atom is 0.223 e. The Kier molecular flexibility index (Phi) is 3.15. The van der Waals surface area contributed by atoms with Gasteiger partial charge in [-0.1, -0.05) is 23.7 Å². The SMILES string of the molecule is Cc1nc(-c2cccc(OCC3CN3C3CCC3)c2)no1. The Morgan fingerprint density at radius 1 is 1.38 bits per heavy atom. The molecule has 2 heterocycles. The second-order valence-electron chi connectivity index (χ2n) is 5.91. The van der Waals surface area contributed by atoms with Crippen molar-refractivity contribution in [3.05, 3.63) is 30.2 Å². The van der Waals surface area contributed by atoms with Crippen LogP contribution >= 0.6 is 0 Å². The van der Waals surface area contributed by atoms with Gasteiger partial charge in [0.25, 0.3) is 0 Å². The van der Waals surface area contributed by atoms with Gasteiger partial charge in [-0.3, -0.25) is 4.90 Å². The average molecular weight is 285 g/mol. The van der Waals surface area contributed by atoms with E-state index in [1.165, 1.54) is 25.8 Å². The van der Waals surface area contributed by atoms with Gasteiger partial charge in [0.1, 0.15) is 12.4 Å². The van der Waals surface area contributed by atoms with Crippen LogP contribution in [0, 0.1) is 6.92 Å². The summed E-state index contributed by atoms with van der Waals surface area (Å²) in [6.07, 6.45) is 4.12. The zero-order valence-corrected chi connectivity index (χ0v) is 12.2. The zero-order chi connectivity index (χ0) is 14.2. The Morgan fingerprint density at radius 3 is 3.00 bits per heavy atom. The van der Waals surface area contributed by atoms with Crippen LogP contribution in [-0.2, 0) is 0 Å². The third kappa shape index (κ3) is 2.65. The highest BCUT2D eigenvalue weighted by Gasteiger charge is 2.42. The molecule has 0 spiro atoms. The first-order chi connectivity index (χ1) is 10.3. The molecule has 1 aromatic carbocycles. The van der Waals surface area contributed by atoms with Crippen molar-refractivity contribution in [3.63, 3.8) is 0 Å². The monoisotopic (exact) mass is 285 g/mol. The molecule has 5 heteroatoms. The van der Waals surface area contributed by atoms with E-state index in [0.29, 0.717) is 17.8 Å². The van der Waals surface area contributed by atoms with Crippen molar-refractivity contribution in [2.24, 2.45) is 0 Å². The Morgan fingerprint density at radius 2 is 2.29 bits per heavy atom. The molecular weight excluding hydrogens is 266 g/mol. The van der Waals surface area contributed by atoms with Crippen LogP contribution in [-0.4, -0.2) is 40.3 Å². The number of hydrogen-bond donors (Lipinski definition) is 0. The molecule has 1 aliphatic heterocycles. The highest BCUT2D eigenvalue weighted by molar-refractivity contribution is 5.56. The summed E-state index contributed by atoms with van der Waals surface area (Å²) < 4.78 is 10.9. The summed E-state index contributed by atoms with van der Waals surface area (Å²) in [5.41, 5.74) is 0.927. The first-order valence-corrected chi connectivity index (χ1v) is 7.59. The molecule has 2 unspecified atom stereocenters. The van der Waals surface area contributed by atoms with E-state index in [4.69, 9.17) is 9.26 Å². The lowest BCUT2D eigenvalue weighted by Crippen LogP contribution is -2.29. The number of hydrogen-bond acceptors (Lipinski definition) is 5. The molecule has 2 atom stereocenters. The van der Waals surface area contributed by atoms with Crippen LogP contribution in [0.25, 0.3) is 11.4 Å². The third-order valence-electron chi connectivity index (χ3n) is 4.36. The van der Waals surface area contributed by atoms with Gasteiger partial charge in [0.05, 0.1) is 6.04 Å². The van der Waals surface area contributed by atoms with E-state index >= 15 is 0 Å². The van der Waals surface area contributed by atoms with Crippen LogP contribution < -0.4 is 4.74 Å². The number of aryl methyl sites for hydroxylation is 1. The number of aromatic nitrogens is 2. The maximum atomic E-state index is 5.92. The fourth-order valence-electron chi connectivity index (χ4n) is 2.84. The molecule has 0 radical (unpaired) electrons. The minimum absolute atomic E-state index is 0.574. The van der Waals surface area contributed by atoms with Gasteiger partial charge in [-0.05, 0) is 25.0 Å². The van der Waals surface area contributed by atoms with Crippen LogP contribution in [0.15, 0.2) is 28.8 Å². The number of nitrogens with zero attached hydrogens (tertiary/aromatic N) is 3. The summed E-state index contributed by atoms with van der Waals surface area (Å²) in [6, 6.07) is 9.31. The maximum absolute atomic E-state index is 5.92. The van der Waals surface area contributed by atoms with Gasteiger partial charge < -0.3 is 9.26 Å². The molecule has 1 aromatic heterocycles. The molecule has 2 aliphatic rings. The quantitative estimate of drug-likeness (QED) is 0.790. The van der Waals surface area contributed by atoms with Crippen molar-refractivity contribution in [2.45, 2.75) is 38.3 Å². The van der Waals surface area contributed by atoms with Gasteiger partial charge in [0.15, 0.2) is 0 Å². The van der Waals surface area contributed by atoms with Crippen LogP contribution in [0.5, 0.6) is 5.75 Å². The molecule has 0 amide bonds. The van der Waals surface area contributed by atoms with Crippen molar-refractivity contribution in [2.75, 3.05) is 13.2 Å². The lowest BCUT2D eigenvalue weighted by molar-refractivity contribution is 0.215. The summed E-state index contributed by atoms with van der Waals surface area (Å²) in [4.78, 5) is 6.79. The van der Waals surface area contributed by atoms with Crippen molar-refractivity contribution >= 4 is 0 Å². The average Bonchev–Trinajstić information content (AvgIpc) is 3.04. The first kappa shape index (κ1) is 12.8. The summed E-state index contributed by atoms with van der Waals surface area (Å²) in [5, 5.41) is 3.94. The Labute approximate surface area is 123 Å². The Bertz CT molecular complexity index is 636. The van der Waals surface area contributed by atoms with Crippen LogP contribution in [0.1, 0.15) is 25.2 Å². The standard InChI is InChI=1S/C16H19N3O2/c1-11-17-16(18-21-11)12-4-2-7-15(8-12)20-10-14-9-19(14)13-5-3-6-13/h2,4,7-8,13-14H,3,5-6,9-10H2,1H3. The van der Waals surface area contributed by atoms with E-state index in [1.807, 2.05) is 24.3 Å². The highest BCUT2D eigenvalue weighted by atomic mass is 16.5. The lowest BCUT2D eigenvalue weighted by atomic mass is 9.93. The molecule has 0 bridgehead atoms. The van der Waals surface area contributed by atoms with Gasteiger partial charge in [-0.15, -0.1) is 0 Å². The van der Waals surface area contributed by atoms with Crippen LogP contribution in [0.2, 0.25) is 0 Å². The number of rotatable bonds is 5. The fraction of sp³-hybridized carbons (Fsp3) is 0.500. The summed E-state index contributed by atoms with van der Waals surface area (Å²) in [5.74, 6) is 2.06. The normalized spacial score (nSPS) is 24.6. The Hall–Kier alpha value is -1.88. The topological polar surface area (TPSA) is 51.2 Å². The molecule has 4 rings (SSSR count). The van der Waals surface area contributed by atoms with E-state index in [9.17, 15) is 0 Å². The van der Waals surface area contributed by atoms with E-state index in [2.05, 4.69) is 15.0 Å². The largest absolute Gasteiger partial charge is 0.492 e. The predicted molar refractivity (Wildman–Crippen MR) is 78.1 cm³/mol. The van der Waals surface area contributed by atoms with Crippen molar-refractivity contribution in [1.82, 2.24) is 15.0 Å². The Balaban J connectivity index is 1.37. The molecule has 2 fully saturated rings. The smallest absolute Gasteiger partial charge is 0.223 e. The van der Waals surface area contributed by atoms with E-state index < -0.39 is 0 Å². The molecule has 1 saturated heterocycles. The van der Waals surface area contributed by atoms with E-state index in [1.54, 1.807) is 6.92 Å². The summed E-state index contributed by atoms with van der Waals surface area (Å²) in [6.45, 7) is 3.75. The minimum atomic E-state index is 0.574. The first-order valence-electron chi connectivity index (χ1n) is 7.59. The highest BCUT2D eigenvalue weighted by Crippen LogP contribution is 2.34. The fourth-order valence-corrected chi connectivity index (χ4v) is 2.84. The van der Waals surface area contributed by atoms with Crippen molar-refractivity contribution in [1.29, 1.82) is 0 Å². The van der Waals surface area contributed by atoms with Crippen LogP contribution in [0.4, 0.5) is 0 Å². The predicted octanol–water partition coefficient (Wildman–Crippen LogP) is 2.66. The van der Waals surface area contributed by atoms with E-state index in [0.717, 1.165) is 24.0 Å². The van der Waals surface area contributed by atoms with Crippen molar-refractivity contribution < 1.29 is 9.26 Å². The summed E-state index contributed by atoms with van der Waals surface area (Å²) >= 11 is 0. The number of ether oxygens (including phenoxy) is 1. The number of benzene rings is 1.